The molecule has 0 aromatic carbocycles. The Hall–Kier alpha value is -0.340. The van der Waals surface area contributed by atoms with Gasteiger partial charge in [-0.15, -0.1) is 12.4 Å². The van der Waals surface area contributed by atoms with Crippen molar-refractivity contribution in [1.82, 2.24) is 4.90 Å². The first-order chi connectivity index (χ1) is 7.15. The van der Waals surface area contributed by atoms with Crippen LogP contribution in [-0.4, -0.2) is 31.3 Å². The summed E-state index contributed by atoms with van der Waals surface area (Å²) < 4.78 is 0. The zero-order chi connectivity index (χ0) is 11.3. The Labute approximate surface area is 105 Å². The number of nitrogens with zero attached hydrogens (tertiary/aromatic N) is 1. The Morgan fingerprint density at radius 1 is 1.44 bits per heavy atom. The summed E-state index contributed by atoms with van der Waals surface area (Å²) >= 11 is 0. The predicted octanol–water partition coefficient (Wildman–Crippen LogP) is 3.07. The van der Waals surface area contributed by atoms with Gasteiger partial charge in [0.1, 0.15) is 0 Å². The van der Waals surface area contributed by atoms with E-state index in [0.717, 1.165) is 31.4 Å². The number of hydrogen-bond acceptors (Lipinski definition) is 2. The maximum atomic E-state index is 11.9. The van der Waals surface area contributed by atoms with Crippen LogP contribution in [0.25, 0.3) is 0 Å². The van der Waals surface area contributed by atoms with Gasteiger partial charge in [-0.2, -0.15) is 0 Å². The van der Waals surface area contributed by atoms with Crippen LogP contribution in [0.2, 0.25) is 0 Å². The molecule has 1 aliphatic carbocycles. The van der Waals surface area contributed by atoms with Gasteiger partial charge in [-0.3, -0.25) is 4.79 Å². The van der Waals surface area contributed by atoms with Crippen LogP contribution in [-0.2, 0) is 4.79 Å². The van der Waals surface area contributed by atoms with Crippen molar-refractivity contribution in [2.45, 2.75) is 39.0 Å². The van der Waals surface area contributed by atoms with Gasteiger partial charge in [0, 0.05) is 12.5 Å². The van der Waals surface area contributed by atoms with Gasteiger partial charge >= 0.3 is 0 Å². The minimum Gasteiger partial charge on any atom is -0.309 e. The highest BCUT2D eigenvalue weighted by Crippen LogP contribution is 2.27. The lowest BCUT2D eigenvalue weighted by atomic mass is 10.1. The molecule has 3 heteroatoms. The second-order valence-corrected chi connectivity index (χ2v) is 4.73. The molecule has 16 heavy (non-hydrogen) atoms. The molecule has 0 aromatic rings. The number of rotatable bonds is 5. The quantitative estimate of drug-likeness (QED) is 0.548. The molecule has 0 aliphatic heterocycles. The topological polar surface area (TPSA) is 20.3 Å². The summed E-state index contributed by atoms with van der Waals surface area (Å²) in [5.41, 5.74) is 1.09. The molecule has 1 fully saturated rings. The summed E-state index contributed by atoms with van der Waals surface area (Å²) in [7, 11) is 4.07. The number of hydrogen-bond donors (Lipinski definition) is 0. The molecule has 1 saturated carbocycles. The standard InChI is InChI=1S/C13H23NO.ClH/c1-4-5-6-7-11-8-9-12(13(11)15)10-14(2)3;/h7,12H,4-6,8-10H2,1-3H3;1H/b11-7+;. The van der Waals surface area contributed by atoms with Crippen LogP contribution in [0.1, 0.15) is 39.0 Å². The van der Waals surface area contributed by atoms with Crippen molar-refractivity contribution in [3.63, 3.8) is 0 Å². The molecule has 0 saturated heterocycles. The number of allylic oxidation sites excluding steroid dienone is 2. The molecule has 0 aromatic heterocycles. The van der Waals surface area contributed by atoms with Crippen molar-refractivity contribution >= 4 is 18.2 Å². The van der Waals surface area contributed by atoms with Crippen LogP contribution in [0, 0.1) is 5.92 Å². The molecule has 1 rings (SSSR count). The maximum Gasteiger partial charge on any atom is 0.162 e. The summed E-state index contributed by atoms with van der Waals surface area (Å²) in [5.74, 6) is 0.660. The highest BCUT2D eigenvalue weighted by Gasteiger charge is 2.28. The zero-order valence-corrected chi connectivity index (χ0v) is 11.5. The van der Waals surface area contributed by atoms with Gasteiger partial charge in [0.15, 0.2) is 5.78 Å². The molecule has 2 nitrogen and oxygen atoms in total. The van der Waals surface area contributed by atoms with E-state index in [-0.39, 0.29) is 18.3 Å². The van der Waals surface area contributed by atoms with Crippen molar-refractivity contribution in [2.75, 3.05) is 20.6 Å². The Kier molecular flexibility index (Phi) is 7.69. The molecule has 0 radical (unpaired) electrons. The third-order valence-electron chi connectivity index (χ3n) is 2.98. The van der Waals surface area contributed by atoms with E-state index in [0.29, 0.717) is 5.78 Å². The number of ketones is 1. The number of carbonyl (C=O) groups is 1. The average molecular weight is 246 g/mol. The highest BCUT2D eigenvalue weighted by molar-refractivity contribution is 5.99. The molecule has 1 aliphatic rings. The van der Waals surface area contributed by atoms with E-state index in [1.807, 2.05) is 14.1 Å². The van der Waals surface area contributed by atoms with Gasteiger partial charge in [0.05, 0.1) is 0 Å². The van der Waals surface area contributed by atoms with E-state index in [2.05, 4.69) is 17.9 Å². The minimum absolute atomic E-state index is 0. The normalized spacial score (nSPS) is 22.9. The van der Waals surface area contributed by atoms with Crippen LogP contribution in [0.4, 0.5) is 0 Å². The highest BCUT2D eigenvalue weighted by atomic mass is 35.5. The Bertz CT molecular complexity index is 248. The van der Waals surface area contributed by atoms with Crippen LogP contribution in [0.5, 0.6) is 0 Å². The van der Waals surface area contributed by atoms with E-state index in [9.17, 15) is 4.79 Å². The Morgan fingerprint density at radius 2 is 2.12 bits per heavy atom. The first-order valence-electron chi connectivity index (χ1n) is 6.03. The number of Topliss-reactive ketones (excluding diaryl/α,β-unsaturated/α-hetero) is 1. The number of halogens is 1. The summed E-state index contributed by atoms with van der Waals surface area (Å²) in [4.78, 5) is 14.0. The van der Waals surface area contributed by atoms with Gasteiger partial charge in [-0.05, 0) is 38.9 Å². The zero-order valence-electron chi connectivity index (χ0n) is 10.7. The SMILES string of the molecule is CCCC/C=C1\CCC(CN(C)C)C1=O.Cl. The molecule has 0 heterocycles. The largest absolute Gasteiger partial charge is 0.309 e. The van der Waals surface area contributed by atoms with Gasteiger partial charge < -0.3 is 4.90 Å². The third kappa shape index (κ3) is 4.67. The lowest BCUT2D eigenvalue weighted by Crippen LogP contribution is -2.24. The van der Waals surface area contributed by atoms with Gasteiger partial charge in [-0.25, -0.2) is 0 Å². The molecule has 94 valence electrons. The van der Waals surface area contributed by atoms with E-state index >= 15 is 0 Å². The van der Waals surface area contributed by atoms with Gasteiger partial charge in [-0.1, -0.05) is 25.8 Å². The number of unbranched alkanes of at least 4 members (excludes halogenated alkanes) is 2. The summed E-state index contributed by atoms with van der Waals surface area (Å²) in [6.07, 6.45) is 7.71. The maximum absolute atomic E-state index is 11.9. The van der Waals surface area contributed by atoms with Crippen molar-refractivity contribution < 1.29 is 4.79 Å². The predicted molar refractivity (Wildman–Crippen MR) is 71.1 cm³/mol. The Morgan fingerprint density at radius 3 is 2.69 bits per heavy atom. The molecular formula is C13H24ClNO. The second kappa shape index (κ2) is 7.86. The summed E-state index contributed by atoms with van der Waals surface area (Å²) in [6, 6.07) is 0. The monoisotopic (exact) mass is 245 g/mol. The minimum atomic E-state index is 0. The van der Waals surface area contributed by atoms with E-state index in [4.69, 9.17) is 0 Å². The fourth-order valence-corrected chi connectivity index (χ4v) is 2.14. The van der Waals surface area contributed by atoms with Crippen molar-refractivity contribution in [3.8, 4) is 0 Å². The van der Waals surface area contributed by atoms with Crippen LogP contribution < -0.4 is 0 Å². The lowest BCUT2D eigenvalue weighted by Gasteiger charge is -2.13. The molecular weight excluding hydrogens is 222 g/mol. The van der Waals surface area contributed by atoms with E-state index in [1.165, 1.54) is 12.8 Å². The smallest absolute Gasteiger partial charge is 0.162 e. The third-order valence-corrected chi connectivity index (χ3v) is 2.98. The lowest BCUT2D eigenvalue weighted by molar-refractivity contribution is -0.118. The van der Waals surface area contributed by atoms with Crippen molar-refractivity contribution in [2.24, 2.45) is 5.92 Å². The van der Waals surface area contributed by atoms with Gasteiger partial charge in [0.2, 0.25) is 0 Å². The average Bonchev–Trinajstić information content (AvgIpc) is 2.49. The van der Waals surface area contributed by atoms with Crippen molar-refractivity contribution in [3.05, 3.63) is 11.6 Å². The number of carbonyl (C=O) groups excluding carboxylic acids is 1. The first kappa shape index (κ1) is 15.7. The molecule has 0 amide bonds. The van der Waals surface area contributed by atoms with Crippen molar-refractivity contribution in [1.29, 1.82) is 0 Å². The van der Waals surface area contributed by atoms with Crippen LogP contribution in [0.3, 0.4) is 0 Å². The summed E-state index contributed by atoms with van der Waals surface area (Å²) in [6.45, 7) is 3.09. The molecule has 0 bridgehead atoms. The molecule has 0 spiro atoms. The fraction of sp³-hybridized carbons (Fsp3) is 0.769. The van der Waals surface area contributed by atoms with Gasteiger partial charge in [0.25, 0.3) is 0 Å². The Balaban J connectivity index is 0.00000225. The molecule has 1 unspecified atom stereocenters. The molecule has 1 atom stereocenters. The molecule has 0 N–H and O–H groups in total. The summed E-state index contributed by atoms with van der Waals surface area (Å²) in [5, 5.41) is 0. The fourth-order valence-electron chi connectivity index (χ4n) is 2.14. The first-order valence-corrected chi connectivity index (χ1v) is 6.03. The van der Waals surface area contributed by atoms with Crippen LogP contribution in [0.15, 0.2) is 11.6 Å². The van der Waals surface area contributed by atoms with E-state index in [1.54, 1.807) is 0 Å². The van der Waals surface area contributed by atoms with Crippen LogP contribution >= 0.6 is 12.4 Å². The second-order valence-electron chi connectivity index (χ2n) is 4.73. The van der Waals surface area contributed by atoms with E-state index < -0.39 is 0 Å².